The molecule has 208 valence electrons. The van der Waals surface area contributed by atoms with E-state index in [2.05, 4.69) is 0 Å². The molecule has 1 aliphatic rings. The predicted octanol–water partition coefficient (Wildman–Crippen LogP) is 4.92. The summed E-state index contributed by atoms with van der Waals surface area (Å²) in [5.41, 5.74) is 0.669. The van der Waals surface area contributed by atoms with Gasteiger partial charge in [0.2, 0.25) is 0 Å². The number of benzene rings is 3. The number of alkyl halides is 2. The number of ether oxygens (including phenoxy) is 1. The third-order valence-electron chi connectivity index (χ3n) is 6.30. The molecule has 0 spiro atoms. The lowest BCUT2D eigenvalue weighted by atomic mass is 9.98. The van der Waals surface area contributed by atoms with Crippen molar-refractivity contribution in [1.82, 2.24) is 4.90 Å². The van der Waals surface area contributed by atoms with Crippen LogP contribution < -0.4 is 4.90 Å². The molecule has 12 heteroatoms. The fraction of sp³-hybridized carbons (Fsp3) is 0.296. The van der Waals surface area contributed by atoms with Gasteiger partial charge in [-0.15, -0.1) is 0 Å². The summed E-state index contributed by atoms with van der Waals surface area (Å²) >= 11 is 0. The summed E-state index contributed by atoms with van der Waals surface area (Å²) in [7, 11) is -3.69. The van der Waals surface area contributed by atoms with Crippen molar-refractivity contribution >= 4 is 21.4 Å². The summed E-state index contributed by atoms with van der Waals surface area (Å²) in [6.45, 7) is -0.0982. The molecule has 0 saturated carbocycles. The van der Waals surface area contributed by atoms with Gasteiger partial charge in [0.15, 0.2) is 9.84 Å². The second-order valence-corrected chi connectivity index (χ2v) is 11.1. The smallest absolute Gasteiger partial charge is 0.261 e. The van der Waals surface area contributed by atoms with Gasteiger partial charge in [0.05, 0.1) is 17.2 Å². The molecule has 3 aromatic carbocycles. The summed E-state index contributed by atoms with van der Waals surface area (Å²) in [6, 6.07) is 10.9. The third-order valence-corrected chi connectivity index (χ3v) is 7.41. The van der Waals surface area contributed by atoms with Crippen LogP contribution in [0, 0.1) is 17.5 Å². The highest BCUT2D eigenvalue weighted by Gasteiger charge is 2.27. The van der Waals surface area contributed by atoms with Crippen molar-refractivity contribution in [2.24, 2.45) is 0 Å². The van der Waals surface area contributed by atoms with E-state index in [1.165, 1.54) is 41.3 Å². The van der Waals surface area contributed by atoms with Gasteiger partial charge in [-0.05, 0) is 47.5 Å². The van der Waals surface area contributed by atoms with E-state index in [4.69, 9.17) is 4.74 Å². The molecule has 0 radical (unpaired) electrons. The van der Waals surface area contributed by atoms with Crippen LogP contribution >= 0.6 is 0 Å². The average Bonchev–Trinajstić information content (AvgIpc) is 2.87. The monoisotopic (exact) mass is 568 g/mol. The minimum atomic E-state index is -3.69. The van der Waals surface area contributed by atoms with Crippen LogP contribution in [0.25, 0.3) is 11.1 Å². The molecule has 1 aliphatic heterocycles. The maximum atomic E-state index is 14.8. The molecule has 39 heavy (non-hydrogen) atoms. The zero-order chi connectivity index (χ0) is 28.3. The number of amides is 1. The molecular weight excluding hydrogens is 543 g/mol. The van der Waals surface area contributed by atoms with Crippen LogP contribution in [0.4, 0.5) is 27.6 Å². The number of piperazine rings is 1. The summed E-state index contributed by atoms with van der Waals surface area (Å²) in [4.78, 5) is 16.6. The molecule has 0 aromatic heterocycles. The minimum absolute atomic E-state index is 0.0573. The maximum absolute atomic E-state index is 14.8. The second-order valence-electron chi connectivity index (χ2n) is 9.07. The molecule has 0 atom stereocenters. The first-order valence-electron chi connectivity index (χ1n) is 11.9. The Morgan fingerprint density at radius 3 is 2.21 bits per heavy atom. The van der Waals surface area contributed by atoms with Gasteiger partial charge in [0, 0.05) is 49.6 Å². The molecule has 0 bridgehead atoms. The average molecular weight is 569 g/mol. The molecule has 3 aromatic rings. The van der Waals surface area contributed by atoms with Crippen molar-refractivity contribution in [2.45, 2.75) is 17.9 Å². The Morgan fingerprint density at radius 1 is 0.897 bits per heavy atom. The highest BCUT2D eigenvalue weighted by Crippen LogP contribution is 2.31. The zero-order valence-corrected chi connectivity index (χ0v) is 21.7. The van der Waals surface area contributed by atoms with Gasteiger partial charge in [0.1, 0.15) is 24.1 Å². The van der Waals surface area contributed by atoms with Crippen molar-refractivity contribution in [3.8, 4) is 11.1 Å². The number of anilines is 1. The number of rotatable bonds is 8. The summed E-state index contributed by atoms with van der Waals surface area (Å²) < 4.78 is 96.5. The molecule has 0 aliphatic carbocycles. The van der Waals surface area contributed by atoms with Crippen LogP contribution in [-0.2, 0) is 21.2 Å². The molecule has 1 amide bonds. The number of sulfone groups is 1. The summed E-state index contributed by atoms with van der Waals surface area (Å²) in [6.07, 6.45) is -1.63. The van der Waals surface area contributed by atoms with Crippen molar-refractivity contribution in [2.75, 3.05) is 43.9 Å². The molecule has 1 fully saturated rings. The topological polar surface area (TPSA) is 66.9 Å². The second kappa shape index (κ2) is 11.7. The lowest BCUT2D eigenvalue weighted by Crippen LogP contribution is -2.49. The van der Waals surface area contributed by atoms with Crippen molar-refractivity contribution in [3.05, 3.63) is 83.2 Å². The fourth-order valence-electron chi connectivity index (χ4n) is 4.36. The van der Waals surface area contributed by atoms with E-state index in [9.17, 15) is 35.2 Å². The molecule has 0 N–H and O–H groups in total. The number of nitrogens with zero attached hydrogens (tertiary/aromatic N) is 2. The van der Waals surface area contributed by atoms with Gasteiger partial charge in [-0.3, -0.25) is 4.79 Å². The van der Waals surface area contributed by atoms with Crippen LogP contribution in [0.15, 0.2) is 59.5 Å². The minimum Gasteiger partial charge on any atom is -0.371 e. The quantitative estimate of drug-likeness (QED) is 0.361. The first-order chi connectivity index (χ1) is 18.4. The Balaban J connectivity index is 1.53. The molecular formula is C27H25F5N2O4S. The molecule has 1 heterocycles. The normalized spacial score (nSPS) is 14.2. The molecule has 6 nitrogen and oxygen atoms in total. The fourth-order valence-corrected chi connectivity index (χ4v) is 5.00. The van der Waals surface area contributed by atoms with Crippen molar-refractivity contribution < 1.29 is 39.9 Å². The van der Waals surface area contributed by atoms with Gasteiger partial charge in [-0.25, -0.2) is 30.4 Å². The predicted molar refractivity (Wildman–Crippen MR) is 135 cm³/mol. The number of carbonyl (C=O) groups excluding carboxylic acids is 1. The lowest BCUT2D eigenvalue weighted by Gasteiger charge is -2.36. The van der Waals surface area contributed by atoms with Gasteiger partial charge in [0.25, 0.3) is 12.3 Å². The summed E-state index contributed by atoms with van der Waals surface area (Å²) in [5, 5.41) is 0. The Bertz CT molecular complexity index is 1470. The highest BCUT2D eigenvalue weighted by atomic mass is 32.2. The Morgan fingerprint density at radius 2 is 1.59 bits per heavy atom. The standard InChI is InChI=1S/C27H25F5N2O4S/c1-39(36,37)19-4-6-20(21-5-3-18(28)13-23(21)29)22(14-19)27(35)34-10-8-33(9-11-34)25-7-2-17(12-24(25)30)15-38-16-26(31)32/h2-7,12-14,26H,8-11,15-16H2,1H3. The number of carbonyl (C=O) groups is 1. The van der Waals surface area contributed by atoms with E-state index in [1.54, 1.807) is 11.0 Å². The van der Waals surface area contributed by atoms with Crippen LogP contribution in [0.5, 0.6) is 0 Å². The van der Waals surface area contributed by atoms with E-state index in [1.807, 2.05) is 0 Å². The number of hydrogen-bond donors (Lipinski definition) is 0. The summed E-state index contributed by atoms with van der Waals surface area (Å²) in [5.74, 6) is -2.82. The Labute approximate surface area is 222 Å². The van der Waals surface area contributed by atoms with Crippen LogP contribution in [0.2, 0.25) is 0 Å². The molecule has 0 unspecified atom stereocenters. The maximum Gasteiger partial charge on any atom is 0.261 e. The SMILES string of the molecule is CS(=O)(=O)c1ccc(-c2ccc(F)cc2F)c(C(=O)N2CCN(c3ccc(COCC(F)F)cc3F)CC2)c1. The number of halogens is 5. The number of hydrogen-bond acceptors (Lipinski definition) is 5. The van der Waals surface area contributed by atoms with Crippen molar-refractivity contribution in [3.63, 3.8) is 0 Å². The first-order valence-corrected chi connectivity index (χ1v) is 13.8. The Hall–Kier alpha value is -3.51. The third kappa shape index (κ3) is 6.74. The van der Waals surface area contributed by atoms with Gasteiger partial charge in [-0.2, -0.15) is 0 Å². The van der Waals surface area contributed by atoms with E-state index in [0.717, 1.165) is 12.3 Å². The Kier molecular flexibility index (Phi) is 8.55. The van der Waals surface area contributed by atoms with E-state index in [0.29, 0.717) is 11.6 Å². The van der Waals surface area contributed by atoms with Gasteiger partial charge >= 0.3 is 0 Å². The van der Waals surface area contributed by atoms with E-state index in [-0.39, 0.29) is 60.1 Å². The van der Waals surface area contributed by atoms with Gasteiger partial charge in [-0.1, -0.05) is 12.1 Å². The van der Waals surface area contributed by atoms with E-state index < -0.39 is 46.2 Å². The lowest BCUT2D eigenvalue weighted by molar-refractivity contribution is 0.00982. The molecule has 1 saturated heterocycles. The largest absolute Gasteiger partial charge is 0.371 e. The van der Waals surface area contributed by atoms with Crippen LogP contribution in [0.1, 0.15) is 15.9 Å². The van der Waals surface area contributed by atoms with Crippen LogP contribution in [0.3, 0.4) is 0 Å². The van der Waals surface area contributed by atoms with Crippen molar-refractivity contribution in [1.29, 1.82) is 0 Å². The first kappa shape index (κ1) is 28.5. The van der Waals surface area contributed by atoms with E-state index >= 15 is 0 Å². The zero-order valence-electron chi connectivity index (χ0n) is 20.8. The highest BCUT2D eigenvalue weighted by molar-refractivity contribution is 7.90. The van der Waals surface area contributed by atoms with Gasteiger partial charge < -0.3 is 14.5 Å². The van der Waals surface area contributed by atoms with Crippen LogP contribution in [-0.4, -0.2) is 64.7 Å². The molecule has 4 rings (SSSR count).